The Morgan fingerprint density at radius 3 is 2.70 bits per heavy atom. The molecule has 20 heavy (non-hydrogen) atoms. The van der Waals surface area contributed by atoms with Crippen molar-refractivity contribution in [2.24, 2.45) is 0 Å². The fraction of sp³-hybridized carbons (Fsp3) is 0.133. The molecular formula is C15H10BrClFNO. The van der Waals surface area contributed by atoms with E-state index in [9.17, 15) is 4.39 Å². The third-order valence-electron chi connectivity index (χ3n) is 2.75. The Hall–Kier alpha value is -1.57. The first-order valence-corrected chi connectivity index (χ1v) is 7.30. The van der Waals surface area contributed by atoms with E-state index < -0.39 is 5.82 Å². The highest BCUT2D eigenvalue weighted by atomic mass is 79.9. The molecule has 5 heteroatoms. The summed E-state index contributed by atoms with van der Waals surface area (Å²) in [6.07, 6.45) is 0. The summed E-state index contributed by atoms with van der Waals surface area (Å²) in [5.41, 5.74) is 1.56. The van der Waals surface area contributed by atoms with Crippen molar-refractivity contribution >= 4 is 27.5 Å². The number of benzene rings is 2. The number of halogens is 3. The van der Waals surface area contributed by atoms with Crippen LogP contribution >= 0.6 is 27.5 Å². The van der Waals surface area contributed by atoms with Gasteiger partial charge in [-0.2, -0.15) is 5.26 Å². The van der Waals surface area contributed by atoms with Crippen LogP contribution in [0.15, 0.2) is 36.4 Å². The van der Waals surface area contributed by atoms with Gasteiger partial charge in [0.25, 0.3) is 0 Å². The molecule has 0 saturated heterocycles. The van der Waals surface area contributed by atoms with Crippen LogP contribution < -0.4 is 4.74 Å². The molecule has 0 aliphatic heterocycles. The Kier molecular flexibility index (Phi) is 4.99. The second-order valence-corrected chi connectivity index (χ2v) is 5.04. The minimum absolute atomic E-state index is 0.0568. The van der Waals surface area contributed by atoms with E-state index in [1.54, 1.807) is 18.2 Å². The Balaban J connectivity index is 2.19. The standard InChI is InChI=1S/C15H10BrClFNO/c16-7-11-2-1-3-13(17)15(11)20-9-12-5-4-10(8-19)6-14(12)18/h1-6H,7,9H2. The number of hydrogen-bond donors (Lipinski definition) is 0. The lowest BCUT2D eigenvalue weighted by atomic mass is 10.1. The summed E-state index contributed by atoms with van der Waals surface area (Å²) in [5, 5.41) is 9.77. The number of nitriles is 1. The van der Waals surface area contributed by atoms with Gasteiger partial charge in [-0.1, -0.05) is 45.7 Å². The number of para-hydroxylation sites is 1. The molecule has 0 aliphatic carbocycles. The SMILES string of the molecule is N#Cc1ccc(COc2c(Cl)cccc2CBr)c(F)c1. The molecule has 0 aromatic heterocycles. The fourth-order valence-electron chi connectivity index (χ4n) is 1.70. The zero-order valence-corrected chi connectivity index (χ0v) is 12.7. The van der Waals surface area contributed by atoms with Gasteiger partial charge in [0.15, 0.2) is 0 Å². The van der Waals surface area contributed by atoms with E-state index >= 15 is 0 Å². The van der Waals surface area contributed by atoms with E-state index in [2.05, 4.69) is 15.9 Å². The summed E-state index contributed by atoms with van der Waals surface area (Å²) < 4.78 is 19.4. The molecule has 2 aromatic rings. The highest BCUT2D eigenvalue weighted by molar-refractivity contribution is 9.08. The lowest BCUT2D eigenvalue weighted by molar-refractivity contribution is 0.298. The van der Waals surface area contributed by atoms with Crippen LogP contribution in [0.5, 0.6) is 5.75 Å². The summed E-state index contributed by atoms with van der Waals surface area (Å²) in [6.45, 7) is 0.0568. The quantitative estimate of drug-likeness (QED) is 0.737. The van der Waals surface area contributed by atoms with E-state index in [-0.39, 0.29) is 12.2 Å². The summed E-state index contributed by atoms with van der Waals surface area (Å²) in [7, 11) is 0. The molecular weight excluding hydrogens is 345 g/mol. The van der Waals surface area contributed by atoms with Crippen molar-refractivity contribution in [1.82, 2.24) is 0 Å². The molecule has 0 fully saturated rings. The predicted molar refractivity (Wildman–Crippen MR) is 79.5 cm³/mol. The number of alkyl halides is 1. The number of ether oxygens (including phenoxy) is 1. The van der Waals surface area contributed by atoms with Crippen LogP contribution in [0.25, 0.3) is 0 Å². The van der Waals surface area contributed by atoms with Gasteiger partial charge in [-0.15, -0.1) is 0 Å². The van der Waals surface area contributed by atoms with Crippen LogP contribution in [0.2, 0.25) is 5.02 Å². The van der Waals surface area contributed by atoms with Crippen LogP contribution in [0.3, 0.4) is 0 Å². The van der Waals surface area contributed by atoms with E-state index in [0.29, 0.717) is 21.7 Å². The largest absolute Gasteiger partial charge is 0.487 e. The molecule has 0 atom stereocenters. The molecule has 2 aromatic carbocycles. The van der Waals surface area contributed by atoms with Crippen molar-refractivity contribution in [1.29, 1.82) is 5.26 Å². The summed E-state index contributed by atoms with van der Waals surface area (Å²) in [4.78, 5) is 0. The molecule has 102 valence electrons. The lowest BCUT2D eigenvalue weighted by Gasteiger charge is -2.12. The van der Waals surface area contributed by atoms with Crippen molar-refractivity contribution in [2.45, 2.75) is 11.9 Å². The molecule has 0 spiro atoms. The van der Waals surface area contributed by atoms with Crippen LogP contribution in [-0.2, 0) is 11.9 Å². The number of rotatable bonds is 4. The van der Waals surface area contributed by atoms with Gasteiger partial charge >= 0.3 is 0 Å². The average molecular weight is 355 g/mol. The second-order valence-electron chi connectivity index (χ2n) is 4.07. The summed E-state index contributed by atoms with van der Waals surface area (Å²) in [5.74, 6) is 0.0753. The van der Waals surface area contributed by atoms with Gasteiger partial charge in [-0.05, 0) is 18.2 Å². The molecule has 0 bridgehead atoms. The Labute approximate surface area is 129 Å². The highest BCUT2D eigenvalue weighted by Gasteiger charge is 2.10. The van der Waals surface area contributed by atoms with Crippen molar-refractivity contribution in [3.8, 4) is 11.8 Å². The van der Waals surface area contributed by atoms with Gasteiger partial charge < -0.3 is 4.74 Å². The summed E-state index contributed by atoms with van der Waals surface area (Å²) >= 11 is 9.43. The summed E-state index contributed by atoms with van der Waals surface area (Å²) in [6, 6.07) is 11.6. The van der Waals surface area contributed by atoms with Crippen molar-refractivity contribution in [3.63, 3.8) is 0 Å². The molecule has 0 amide bonds. The van der Waals surface area contributed by atoms with Crippen molar-refractivity contribution in [2.75, 3.05) is 0 Å². The first-order chi connectivity index (χ1) is 9.65. The Bertz CT molecular complexity index is 669. The van der Waals surface area contributed by atoms with Crippen LogP contribution in [0.1, 0.15) is 16.7 Å². The van der Waals surface area contributed by atoms with Crippen LogP contribution in [0.4, 0.5) is 4.39 Å². The minimum atomic E-state index is -0.462. The van der Waals surface area contributed by atoms with Gasteiger partial charge in [0, 0.05) is 16.5 Å². The smallest absolute Gasteiger partial charge is 0.142 e. The monoisotopic (exact) mass is 353 g/mol. The van der Waals surface area contributed by atoms with Gasteiger partial charge in [0.1, 0.15) is 18.2 Å². The van der Waals surface area contributed by atoms with Gasteiger partial charge in [0.05, 0.1) is 16.7 Å². The van der Waals surface area contributed by atoms with Gasteiger partial charge in [0.2, 0.25) is 0 Å². The van der Waals surface area contributed by atoms with Crippen molar-refractivity contribution in [3.05, 3.63) is 63.9 Å². The Morgan fingerprint density at radius 1 is 1.25 bits per heavy atom. The van der Waals surface area contributed by atoms with Crippen molar-refractivity contribution < 1.29 is 9.13 Å². The number of nitrogens with zero attached hydrogens (tertiary/aromatic N) is 1. The van der Waals surface area contributed by atoms with Gasteiger partial charge in [-0.25, -0.2) is 4.39 Å². The maximum Gasteiger partial charge on any atom is 0.142 e. The lowest BCUT2D eigenvalue weighted by Crippen LogP contribution is -2.01. The van der Waals surface area contributed by atoms with Crippen LogP contribution in [0, 0.1) is 17.1 Å². The number of hydrogen-bond acceptors (Lipinski definition) is 2. The molecule has 2 rings (SSSR count). The zero-order chi connectivity index (χ0) is 14.5. The third kappa shape index (κ3) is 3.30. The Morgan fingerprint density at radius 2 is 2.05 bits per heavy atom. The first-order valence-electron chi connectivity index (χ1n) is 5.80. The van der Waals surface area contributed by atoms with E-state index in [1.165, 1.54) is 6.07 Å². The maximum atomic E-state index is 13.7. The van der Waals surface area contributed by atoms with Crippen LogP contribution in [-0.4, -0.2) is 0 Å². The molecule has 0 saturated carbocycles. The predicted octanol–water partition coefficient (Wildman–Crippen LogP) is 4.82. The topological polar surface area (TPSA) is 33.0 Å². The average Bonchev–Trinajstić information content (AvgIpc) is 2.46. The molecule has 0 heterocycles. The normalized spacial score (nSPS) is 10.1. The van der Waals surface area contributed by atoms with E-state index in [1.807, 2.05) is 18.2 Å². The zero-order valence-electron chi connectivity index (χ0n) is 10.4. The molecule has 0 N–H and O–H groups in total. The minimum Gasteiger partial charge on any atom is -0.487 e. The van der Waals surface area contributed by atoms with Gasteiger partial charge in [-0.3, -0.25) is 0 Å². The van der Waals surface area contributed by atoms with E-state index in [0.717, 1.165) is 5.56 Å². The molecule has 0 aliphatic rings. The second kappa shape index (κ2) is 6.74. The maximum absolute atomic E-state index is 13.7. The first kappa shape index (κ1) is 14.8. The fourth-order valence-corrected chi connectivity index (χ4v) is 2.39. The third-order valence-corrected chi connectivity index (χ3v) is 3.65. The highest BCUT2D eigenvalue weighted by Crippen LogP contribution is 2.31. The molecule has 0 radical (unpaired) electrons. The molecule has 2 nitrogen and oxygen atoms in total. The molecule has 0 unspecified atom stereocenters. The van der Waals surface area contributed by atoms with E-state index in [4.69, 9.17) is 21.6 Å².